The molecule has 109 valence electrons. The van der Waals surface area contributed by atoms with E-state index in [9.17, 15) is 0 Å². The molecule has 1 aliphatic rings. The number of rotatable bonds is 1. The molecular weight excluding hydrogens is 315 g/mol. The Kier molecular flexibility index (Phi) is 9.86. The summed E-state index contributed by atoms with van der Waals surface area (Å²) < 4.78 is 0. The van der Waals surface area contributed by atoms with Crippen molar-refractivity contribution in [1.82, 2.24) is 0 Å². The van der Waals surface area contributed by atoms with Crippen molar-refractivity contribution >= 4 is 14.3 Å². The van der Waals surface area contributed by atoms with Crippen LogP contribution in [-0.2, 0) is 21.7 Å². The van der Waals surface area contributed by atoms with E-state index in [4.69, 9.17) is 10.2 Å². The molecule has 1 heterocycles. The van der Waals surface area contributed by atoms with Gasteiger partial charge < -0.3 is 10.2 Å². The second-order valence-electron chi connectivity index (χ2n) is 4.38. The van der Waals surface area contributed by atoms with E-state index in [-0.39, 0.29) is 21.7 Å². The van der Waals surface area contributed by atoms with Gasteiger partial charge in [-0.2, -0.15) is 36.4 Å². The summed E-state index contributed by atoms with van der Waals surface area (Å²) in [6.07, 6.45) is 4.58. The molecule has 0 saturated carbocycles. The van der Waals surface area contributed by atoms with E-state index in [1.807, 2.05) is 0 Å². The summed E-state index contributed by atoms with van der Waals surface area (Å²) in [6, 6.07) is 8.69. The SMILES string of the molecule is C[O-].C[O-].Cc1[c-][pH]c(C2C=Cc3ccccc32)c1C.[Ti+3]. The van der Waals surface area contributed by atoms with Crippen molar-refractivity contribution in [2.45, 2.75) is 19.8 Å². The van der Waals surface area contributed by atoms with E-state index in [2.05, 4.69) is 56.1 Å². The monoisotopic (exact) mass is 335 g/mol. The first-order valence-corrected chi connectivity index (χ1v) is 7.43. The average Bonchev–Trinajstić information content (AvgIpc) is 3.08. The maximum atomic E-state index is 8.25. The van der Waals surface area contributed by atoms with Crippen LogP contribution in [0.4, 0.5) is 0 Å². The van der Waals surface area contributed by atoms with Gasteiger partial charge in [-0.05, 0) is 17.0 Å². The third kappa shape index (κ3) is 4.42. The number of hydrogen-bond acceptors (Lipinski definition) is 2. The van der Waals surface area contributed by atoms with Crippen LogP contribution in [0.5, 0.6) is 0 Å². The van der Waals surface area contributed by atoms with E-state index in [1.54, 1.807) is 5.30 Å². The molecule has 1 aromatic heterocycles. The summed E-state index contributed by atoms with van der Waals surface area (Å²) in [5.74, 6) is 3.96. The van der Waals surface area contributed by atoms with Crippen LogP contribution in [0.25, 0.3) is 6.08 Å². The molecule has 21 heavy (non-hydrogen) atoms. The molecule has 0 fully saturated rings. The molecule has 4 heteroatoms. The van der Waals surface area contributed by atoms with Crippen molar-refractivity contribution in [2.75, 3.05) is 14.2 Å². The van der Waals surface area contributed by atoms with Crippen molar-refractivity contribution in [3.8, 4) is 0 Å². The summed E-state index contributed by atoms with van der Waals surface area (Å²) in [6.45, 7) is 4.40. The smallest absolute Gasteiger partial charge is 0.857 e. The van der Waals surface area contributed by atoms with Gasteiger partial charge in [0.25, 0.3) is 0 Å². The normalized spacial score (nSPS) is 14.5. The Balaban J connectivity index is 0.000000741. The van der Waals surface area contributed by atoms with Crippen molar-refractivity contribution < 1.29 is 31.9 Å². The molecular formula is C17H20O2PTi. The van der Waals surface area contributed by atoms with E-state index >= 15 is 0 Å². The molecule has 1 aliphatic carbocycles. The van der Waals surface area contributed by atoms with Crippen molar-refractivity contribution in [1.29, 1.82) is 0 Å². The fraction of sp³-hybridized carbons (Fsp3) is 0.294. The first kappa shape index (κ1) is 20.4. The van der Waals surface area contributed by atoms with Gasteiger partial charge in [0.1, 0.15) is 0 Å². The van der Waals surface area contributed by atoms with Gasteiger partial charge in [-0.3, -0.25) is 8.19 Å². The zero-order valence-corrected chi connectivity index (χ0v) is 15.4. The number of allylic oxidation sites excluding steroid dienone is 1. The molecule has 0 N–H and O–H groups in total. The van der Waals surface area contributed by atoms with Crippen LogP contribution in [0.3, 0.4) is 0 Å². The van der Waals surface area contributed by atoms with Crippen LogP contribution in [0, 0.1) is 19.6 Å². The molecule has 2 aromatic rings. The second-order valence-corrected chi connectivity index (χ2v) is 5.42. The predicted molar refractivity (Wildman–Crippen MR) is 83.4 cm³/mol. The fourth-order valence-electron chi connectivity index (χ4n) is 2.36. The number of benzene rings is 1. The maximum absolute atomic E-state index is 8.25. The molecule has 3 rings (SSSR count). The molecule has 2 nitrogen and oxygen atoms in total. The topological polar surface area (TPSA) is 46.1 Å². The zero-order chi connectivity index (χ0) is 15.1. The van der Waals surface area contributed by atoms with Crippen molar-refractivity contribution in [2.24, 2.45) is 0 Å². The molecule has 0 bridgehead atoms. The Hall–Kier alpha value is -0.626. The van der Waals surface area contributed by atoms with Gasteiger partial charge in [0.2, 0.25) is 0 Å². The Labute approximate surface area is 143 Å². The van der Waals surface area contributed by atoms with Crippen LogP contribution in [0.15, 0.2) is 30.3 Å². The van der Waals surface area contributed by atoms with Crippen LogP contribution < -0.4 is 10.2 Å². The summed E-state index contributed by atoms with van der Waals surface area (Å²) in [5, 5.41) is 18.1. The van der Waals surface area contributed by atoms with Crippen LogP contribution >= 0.6 is 8.19 Å². The van der Waals surface area contributed by atoms with Gasteiger partial charge in [0, 0.05) is 0 Å². The number of hydrogen-bond donors (Lipinski definition) is 0. The Bertz CT molecular complexity index is 576. The van der Waals surface area contributed by atoms with Gasteiger partial charge in [0.15, 0.2) is 0 Å². The molecule has 0 amide bonds. The van der Waals surface area contributed by atoms with Crippen LogP contribution in [0.1, 0.15) is 33.5 Å². The molecule has 2 atom stereocenters. The first-order chi connectivity index (χ1) is 9.77. The number of aryl methyl sites for hydroxylation is 1. The molecule has 1 radical (unpaired) electrons. The summed E-state index contributed by atoms with van der Waals surface area (Å²) in [4.78, 5) is 0. The minimum atomic E-state index is 0. The van der Waals surface area contributed by atoms with Crippen LogP contribution in [0.2, 0.25) is 0 Å². The van der Waals surface area contributed by atoms with Gasteiger partial charge in [0.05, 0.1) is 0 Å². The van der Waals surface area contributed by atoms with Crippen LogP contribution in [-0.4, -0.2) is 14.2 Å². The third-order valence-electron chi connectivity index (χ3n) is 3.46. The molecule has 0 saturated heterocycles. The molecule has 1 aromatic carbocycles. The maximum Gasteiger partial charge on any atom is 3.00 e. The predicted octanol–water partition coefficient (Wildman–Crippen LogP) is 2.24. The summed E-state index contributed by atoms with van der Waals surface area (Å²) >= 11 is 0. The van der Waals surface area contributed by atoms with E-state index in [1.165, 1.54) is 22.3 Å². The third-order valence-corrected chi connectivity index (χ3v) is 4.92. The minimum absolute atomic E-state index is 0. The van der Waals surface area contributed by atoms with E-state index in [0.717, 1.165) is 22.4 Å². The molecule has 0 aliphatic heterocycles. The van der Waals surface area contributed by atoms with Gasteiger partial charge in [-0.25, -0.2) is 0 Å². The zero-order valence-electron chi connectivity index (χ0n) is 12.9. The largest absolute Gasteiger partial charge is 3.00 e. The quantitative estimate of drug-likeness (QED) is 0.593. The van der Waals surface area contributed by atoms with Crippen molar-refractivity contribution in [3.63, 3.8) is 0 Å². The second kappa shape index (κ2) is 10.2. The minimum Gasteiger partial charge on any atom is -0.857 e. The molecule has 2 unspecified atom stereocenters. The Morgan fingerprint density at radius 1 is 1.05 bits per heavy atom. The summed E-state index contributed by atoms with van der Waals surface area (Å²) in [5.41, 5.74) is 5.62. The first-order valence-electron chi connectivity index (χ1n) is 6.43. The van der Waals surface area contributed by atoms with Gasteiger partial charge >= 0.3 is 21.7 Å². The average molecular weight is 335 g/mol. The Morgan fingerprint density at radius 3 is 2.24 bits per heavy atom. The Morgan fingerprint density at radius 2 is 1.67 bits per heavy atom. The van der Waals surface area contributed by atoms with Gasteiger partial charge in [-0.1, -0.05) is 50.3 Å². The number of fused-ring (bicyclic) bond motifs is 1. The summed E-state index contributed by atoms with van der Waals surface area (Å²) in [7, 11) is 2.25. The fourth-order valence-corrected chi connectivity index (χ4v) is 3.65. The van der Waals surface area contributed by atoms with E-state index < -0.39 is 0 Å². The van der Waals surface area contributed by atoms with E-state index in [0.29, 0.717) is 5.92 Å². The van der Waals surface area contributed by atoms with Crippen molar-refractivity contribution in [3.05, 3.63) is 63.7 Å². The molecule has 0 spiro atoms. The standard InChI is InChI=1S/C15H14P.2CH3O.Ti/c1-10-9-16-15(11(10)2)14-8-7-12-5-3-4-6-13(12)14;2*1-2;/h3-8,14,16H,1-2H3;2*1H3;/q3*-1;+3. The van der Waals surface area contributed by atoms with Gasteiger partial charge in [-0.15, -0.1) is 0 Å².